The molecule has 0 bridgehead atoms. The predicted molar refractivity (Wildman–Crippen MR) is 159 cm³/mol. The van der Waals surface area contributed by atoms with Gasteiger partial charge in [0.1, 0.15) is 25.0 Å². The van der Waals surface area contributed by atoms with Gasteiger partial charge >= 0.3 is 0 Å². The van der Waals surface area contributed by atoms with Gasteiger partial charge < -0.3 is 4.90 Å². The van der Waals surface area contributed by atoms with E-state index in [0.717, 1.165) is 84.2 Å². The van der Waals surface area contributed by atoms with E-state index in [4.69, 9.17) is 4.99 Å². The zero-order valence-corrected chi connectivity index (χ0v) is 24.3. The van der Waals surface area contributed by atoms with Gasteiger partial charge in [-0.2, -0.15) is 0 Å². The lowest BCUT2D eigenvalue weighted by Crippen LogP contribution is -2.53. The fraction of sp³-hybridized carbons (Fsp3) is 0.867. The van der Waals surface area contributed by atoms with E-state index < -0.39 is 12.3 Å². The molecule has 0 aromatic carbocycles. The number of halogens is 1. The molecule has 0 aromatic rings. The van der Waals surface area contributed by atoms with Crippen molar-refractivity contribution in [1.82, 2.24) is 31.1 Å². The van der Waals surface area contributed by atoms with E-state index in [1.807, 2.05) is 0 Å². The lowest BCUT2D eigenvalue weighted by atomic mass is 9.79. The third kappa shape index (κ3) is 6.59. The average molecular weight is 570 g/mol. The van der Waals surface area contributed by atoms with Crippen molar-refractivity contribution in [3.63, 3.8) is 0 Å². The summed E-state index contributed by atoms with van der Waals surface area (Å²) in [5, 5.41) is 14.5. The van der Waals surface area contributed by atoms with Crippen LogP contribution in [0.2, 0.25) is 0 Å². The van der Waals surface area contributed by atoms with Crippen LogP contribution in [0.15, 0.2) is 15.0 Å². The first-order valence-corrected chi connectivity index (χ1v) is 16.4. The van der Waals surface area contributed by atoms with Crippen LogP contribution >= 0.6 is 0 Å². The average Bonchev–Trinajstić information content (AvgIpc) is 3.73. The fourth-order valence-electron chi connectivity index (χ4n) is 7.71. The van der Waals surface area contributed by atoms with Crippen LogP contribution in [0.4, 0.5) is 4.39 Å². The van der Waals surface area contributed by atoms with Crippen molar-refractivity contribution in [2.75, 3.05) is 39.3 Å². The zero-order valence-electron chi connectivity index (χ0n) is 24.3. The van der Waals surface area contributed by atoms with Gasteiger partial charge in [0.25, 0.3) is 0 Å². The normalized spacial score (nSPS) is 39.8. The number of aliphatic imine (C=N–C) groups is 3. The van der Waals surface area contributed by atoms with Crippen molar-refractivity contribution in [3.05, 3.63) is 0 Å². The second kappa shape index (κ2) is 12.4. The SMILES string of the molecule is O=C(C1CC1)N1CCN(CC2CC=NC(NC3NC4CCC(C5=NC=NC(NCC6CCC6)C5F)CC4N3)C2)CC1. The Morgan fingerprint density at radius 2 is 1.80 bits per heavy atom. The molecule has 226 valence electrons. The monoisotopic (exact) mass is 569 g/mol. The maximum Gasteiger partial charge on any atom is 0.225 e. The van der Waals surface area contributed by atoms with Gasteiger partial charge in [0.05, 0.1) is 5.71 Å². The number of fused-ring (bicyclic) bond motifs is 1. The summed E-state index contributed by atoms with van der Waals surface area (Å²) in [5.41, 5.74) is 0.681. The Balaban J connectivity index is 0.853. The summed E-state index contributed by atoms with van der Waals surface area (Å²) in [7, 11) is 0. The number of nitrogens with zero attached hydrogens (tertiary/aromatic N) is 5. The second-order valence-corrected chi connectivity index (χ2v) is 13.6. The number of piperazine rings is 1. The molecule has 0 aromatic heterocycles. The van der Waals surface area contributed by atoms with Crippen molar-refractivity contribution < 1.29 is 9.18 Å². The first-order valence-electron chi connectivity index (χ1n) is 16.4. The Labute approximate surface area is 243 Å². The summed E-state index contributed by atoms with van der Waals surface area (Å²) < 4.78 is 15.5. The molecule has 5 fully saturated rings. The number of carbonyl (C=O) groups is 1. The molecule has 41 heavy (non-hydrogen) atoms. The second-order valence-electron chi connectivity index (χ2n) is 13.6. The Morgan fingerprint density at radius 3 is 2.59 bits per heavy atom. The standard InChI is InChI=1S/C30H48FN9O/c31-26-27(34-18-35-28(26)33-16-19-2-1-3-19)22-6-7-23-24(15-22)37-30(36-23)38-25-14-20(8-9-32-25)17-39-10-12-40(13-11-39)29(41)21-4-5-21/h9,18-26,28,30,33,36-38H,1-8,10-17H2. The first kappa shape index (κ1) is 28.0. The zero-order chi connectivity index (χ0) is 27.8. The molecule has 1 amide bonds. The van der Waals surface area contributed by atoms with E-state index in [2.05, 4.69) is 47.3 Å². The van der Waals surface area contributed by atoms with Gasteiger partial charge in [0, 0.05) is 69.4 Å². The van der Waals surface area contributed by atoms with Gasteiger partial charge in [-0.05, 0) is 69.6 Å². The van der Waals surface area contributed by atoms with Crippen molar-refractivity contribution >= 4 is 24.2 Å². The van der Waals surface area contributed by atoms with Gasteiger partial charge in [-0.1, -0.05) is 6.42 Å². The first-order chi connectivity index (χ1) is 20.1. The fourth-order valence-corrected chi connectivity index (χ4v) is 7.71. The van der Waals surface area contributed by atoms with Crippen molar-refractivity contribution in [2.24, 2.45) is 38.6 Å². The molecule has 4 heterocycles. The van der Waals surface area contributed by atoms with Gasteiger partial charge in [0.15, 0.2) is 6.17 Å². The van der Waals surface area contributed by atoms with Crippen molar-refractivity contribution in [3.8, 4) is 0 Å². The number of hydrogen-bond acceptors (Lipinski definition) is 9. The van der Waals surface area contributed by atoms with Crippen LogP contribution in [0.1, 0.15) is 64.2 Å². The van der Waals surface area contributed by atoms with Crippen LogP contribution in [0.25, 0.3) is 0 Å². The highest BCUT2D eigenvalue weighted by molar-refractivity contribution is 5.97. The van der Waals surface area contributed by atoms with Gasteiger partial charge in [0.2, 0.25) is 5.91 Å². The summed E-state index contributed by atoms with van der Waals surface area (Å²) in [6.07, 6.45) is 13.0. The van der Waals surface area contributed by atoms with Gasteiger partial charge in [-0.25, -0.2) is 9.38 Å². The molecule has 10 nitrogen and oxygen atoms in total. The number of carbonyl (C=O) groups excluding carboxylic acids is 1. The highest BCUT2D eigenvalue weighted by Crippen LogP contribution is 2.33. The molecule has 4 N–H and O–H groups in total. The third-order valence-corrected chi connectivity index (χ3v) is 10.6. The summed E-state index contributed by atoms with van der Waals surface area (Å²) in [4.78, 5) is 30.6. The minimum atomic E-state index is -1.14. The molecule has 3 aliphatic carbocycles. The number of rotatable bonds is 9. The van der Waals surface area contributed by atoms with Crippen LogP contribution in [0, 0.1) is 23.7 Å². The number of alkyl halides is 1. The Morgan fingerprint density at radius 1 is 0.976 bits per heavy atom. The lowest BCUT2D eigenvalue weighted by molar-refractivity contribution is -0.134. The van der Waals surface area contributed by atoms with Crippen LogP contribution in [0.5, 0.6) is 0 Å². The molecule has 11 heteroatoms. The largest absolute Gasteiger partial charge is 0.340 e. The maximum atomic E-state index is 15.5. The van der Waals surface area contributed by atoms with E-state index >= 15 is 4.39 Å². The van der Waals surface area contributed by atoms with E-state index in [1.54, 1.807) is 6.34 Å². The van der Waals surface area contributed by atoms with Crippen LogP contribution in [-0.2, 0) is 4.79 Å². The minimum Gasteiger partial charge on any atom is -0.340 e. The summed E-state index contributed by atoms with van der Waals surface area (Å²) in [6, 6.07) is 0.671. The highest BCUT2D eigenvalue weighted by Gasteiger charge is 2.43. The van der Waals surface area contributed by atoms with Gasteiger partial charge in [-0.15, -0.1) is 0 Å². The third-order valence-electron chi connectivity index (χ3n) is 10.6. The smallest absolute Gasteiger partial charge is 0.225 e. The maximum absolute atomic E-state index is 15.5. The van der Waals surface area contributed by atoms with Gasteiger partial charge in [-0.3, -0.25) is 40.9 Å². The molecule has 8 atom stereocenters. The Hall–Kier alpha value is -1.79. The van der Waals surface area contributed by atoms with E-state index in [0.29, 0.717) is 41.5 Å². The lowest BCUT2D eigenvalue weighted by Gasteiger charge is -2.37. The molecule has 0 spiro atoms. The molecule has 4 aliphatic heterocycles. The highest BCUT2D eigenvalue weighted by atomic mass is 19.1. The minimum absolute atomic E-state index is 0.00885. The summed E-state index contributed by atoms with van der Waals surface area (Å²) in [5.74, 6) is 2.10. The molecular formula is C30H48FN9O. The molecule has 3 saturated carbocycles. The Bertz CT molecular complexity index is 1020. The summed E-state index contributed by atoms with van der Waals surface area (Å²) >= 11 is 0. The number of hydrogen-bond donors (Lipinski definition) is 4. The topological polar surface area (TPSA) is 109 Å². The predicted octanol–water partition coefficient (Wildman–Crippen LogP) is 1.49. The van der Waals surface area contributed by atoms with Crippen LogP contribution in [-0.4, -0.2) is 110 Å². The molecular weight excluding hydrogens is 521 g/mol. The van der Waals surface area contributed by atoms with E-state index in [-0.39, 0.29) is 18.4 Å². The number of nitrogens with one attached hydrogen (secondary N) is 4. The van der Waals surface area contributed by atoms with E-state index in [1.165, 1.54) is 19.3 Å². The summed E-state index contributed by atoms with van der Waals surface area (Å²) in [6.45, 7) is 5.63. The molecule has 0 radical (unpaired) electrons. The van der Waals surface area contributed by atoms with Crippen LogP contribution < -0.4 is 21.3 Å². The molecule has 8 unspecified atom stereocenters. The molecule has 2 saturated heterocycles. The van der Waals surface area contributed by atoms with Crippen LogP contribution in [0.3, 0.4) is 0 Å². The number of amides is 1. The quantitative estimate of drug-likeness (QED) is 0.335. The van der Waals surface area contributed by atoms with E-state index in [9.17, 15) is 4.79 Å². The molecule has 7 aliphatic rings. The Kier molecular flexibility index (Phi) is 8.50. The van der Waals surface area contributed by atoms with Crippen molar-refractivity contribution in [1.29, 1.82) is 0 Å². The van der Waals surface area contributed by atoms with Crippen molar-refractivity contribution in [2.45, 2.75) is 101 Å². The molecule has 7 rings (SSSR count).